The lowest BCUT2D eigenvalue weighted by Crippen LogP contribution is -2.25. The number of sulfonamides is 2. The molecule has 0 aromatic heterocycles. The van der Waals surface area contributed by atoms with Gasteiger partial charge in [-0.15, -0.1) is 0 Å². The standard InChI is InChI=1S/C15H14Cl2N2O4S2/c16-11-5-6-14(17)15(9-11)25(22,23)18-12-3-1-4-13(10-12)19-7-2-8-24(19,20)21/h1,3-6,9-10,18H,2,7-8H2. The van der Waals surface area contributed by atoms with Gasteiger partial charge in [0.2, 0.25) is 10.0 Å². The van der Waals surface area contributed by atoms with E-state index in [0.717, 1.165) is 0 Å². The van der Waals surface area contributed by atoms with Gasteiger partial charge in [0.05, 0.1) is 22.2 Å². The topological polar surface area (TPSA) is 83.6 Å². The van der Waals surface area contributed by atoms with E-state index in [4.69, 9.17) is 23.2 Å². The van der Waals surface area contributed by atoms with Crippen LogP contribution in [0.2, 0.25) is 10.0 Å². The summed E-state index contributed by atoms with van der Waals surface area (Å²) in [6.07, 6.45) is 0.538. The zero-order valence-electron chi connectivity index (χ0n) is 12.8. The van der Waals surface area contributed by atoms with E-state index in [1.807, 2.05) is 0 Å². The van der Waals surface area contributed by atoms with Crippen LogP contribution in [0, 0.1) is 0 Å². The van der Waals surface area contributed by atoms with Gasteiger partial charge < -0.3 is 0 Å². The minimum atomic E-state index is -3.97. The number of hydrogen-bond acceptors (Lipinski definition) is 4. The highest BCUT2D eigenvalue weighted by atomic mass is 35.5. The Labute approximate surface area is 156 Å². The molecular formula is C15H14Cl2N2O4S2. The summed E-state index contributed by atoms with van der Waals surface area (Å²) < 4.78 is 52.8. The molecule has 2 aromatic carbocycles. The average Bonchev–Trinajstić information content (AvgIpc) is 2.89. The number of nitrogens with one attached hydrogen (secondary N) is 1. The third kappa shape index (κ3) is 3.87. The summed E-state index contributed by atoms with van der Waals surface area (Å²) in [6.45, 7) is 0.374. The lowest BCUT2D eigenvalue weighted by atomic mass is 10.3. The molecular weight excluding hydrogens is 407 g/mol. The maximum absolute atomic E-state index is 12.5. The Morgan fingerprint density at radius 2 is 1.84 bits per heavy atom. The van der Waals surface area contributed by atoms with Crippen molar-refractivity contribution in [2.75, 3.05) is 21.3 Å². The molecule has 0 amide bonds. The maximum Gasteiger partial charge on any atom is 0.263 e. The van der Waals surface area contributed by atoms with Crippen molar-refractivity contribution in [1.82, 2.24) is 0 Å². The molecule has 0 spiro atoms. The average molecular weight is 421 g/mol. The molecule has 0 atom stereocenters. The molecule has 1 aliphatic heterocycles. The van der Waals surface area contributed by atoms with Gasteiger partial charge in [0.1, 0.15) is 4.90 Å². The number of anilines is 2. The molecule has 1 heterocycles. The molecule has 0 aliphatic carbocycles. The van der Waals surface area contributed by atoms with Crippen LogP contribution in [0.25, 0.3) is 0 Å². The third-order valence-corrected chi connectivity index (χ3v) is 7.64. The van der Waals surface area contributed by atoms with Crippen LogP contribution >= 0.6 is 23.2 Å². The molecule has 1 aliphatic rings. The monoisotopic (exact) mass is 420 g/mol. The molecule has 25 heavy (non-hydrogen) atoms. The summed E-state index contributed by atoms with van der Waals surface area (Å²) in [5, 5.41) is 0.275. The fraction of sp³-hybridized carbons (Fsp3) is 0.200. The minimum Gasteiger partial charge on any atom is -0.280 e. The van der Waals surface area contributed by atoms with Crippen LogP contribution in [0.5, 0.6) is 0 Å². The van der Waals surface area contributed by atoms with Crippen LogP contribution in [0.3, 0.4) is 0 Å². The zero-order valence-corrected chi connectivity index (χ0v) is 16.0. The van der Waals surface area contributed by atoms with E-state index in [-0.39, 0.29) is 26.4 Å². The van der Waals surface area contributed by atoms with Crippen LogP contribution < -0.4 is 9.03 Å². The summed E-state index contributed by atoms with van der Waals surface area (Å²) in [5.74, 6) is 0.0844. The van der Waals surface area contributed by atoms with E-state index in [1.54, 1.807) is 12.1 Å². The molecule has 2 aromatic rings. The lowest BCUT2D eigenvalue weighted by molar-refractivity contribution is 0.598. The fourth-order valence-electron chi connectivity index (χ4n) is 2.55. The molecule has 1 N–H and O–H groups in total. The Bertz CT molecular complexity index is 1020. The fourth-order valence-corrected chi connectivity index (χ4v) is 5.92. The molecule has 6 nitrogen and oxygen atoms in total. The molecule has 0 saturated carbocycles. The van der Waals surface area contributed by atoms with E-state index in [1.165, 1.54) is 34.6 Å². The maximum atomic E-state index is 12.5. The third-order valence-electron chi connectivity index (χ3n) is 3.67. The molecule has 0 unspecified atom stereocenters. The molecule has 3 rings (SSSR count). The first-order valence-electron chi connectivity index (χ1n) is 7.27. The summed E-state index contributed by atoms with van der Waals surface area (Å²) in [4.78, 5) is -0.152. The van der Waals surface area contributed by atoms with Crippen LogP contribution in [-0.2, 0) is 20.0 Å². The van der Waals surface area contributed by atoms with E-state index in [9.17, 15) is 16.8 Å². The van der Waals surface area contributed by atoms with E-state index < -0.39 is 20.0 Å². The van der Waals surface area contributed by atoms with Crippen molar-refractivity contribution in [3.63, 3.8) is 0 Å². The van der Waals surface area contributed by atoms with Gasteiger partial charge >= 0.3 is 0 Å². The second-order valence-electron chi connectivity index (χ2n) is 5.47. The smallest absolute Gasteiger partial charge is 0.263 e. The Balaban J connectivity index is 1.93. The molecule has 134 valence electrons. The second kappa shape index (κ2) is 6.68. The van der Waals surface area contributed by atoms with Gasteiger partial charge in [0.25, 0.3) is 10.0 Å². The summed E-state index contributed by atoms with van der Waals surface area (Å²) in [5.41, 5.74) is 0.644. The SMILES string of the molecule is O=S(=O)(Nc1cccc(N2CCCS2(=O)=O)c1)c1cc(Cl)ccc1Cl. The van der Waals surface area contributed by atoms with Gasteiger partial charge in [0, 0.05) is 11.6 Å². The van der Waals surface area contributed by atoms with Crippen LogP contribution in [0.15, 0.2) is 47.4 Å². The number of halogens is 2. The van der Waals surface area contributed by atoms with Crippen LogP contribution in [0.1, 0.15) is 6.42 Å². The Hall–Kier alpha value is -1.48. The van der Waals surface area contributed by atoms with E-state index in [2.05, 4.69) is 4.72 Å². The van der Waals surface area contributed by atoms with Gasteiger partial charge in [-0.2, -0.15) is 0 Å². The van der Waals surface area contributed by atoms with E-state index >= 15 is 0 Å². The number of nitrogens with zero attached hydrogens (tertiary/aromatic N) is 1. The highest BCUT2D eigenvalue weighted by Crippen LogP contribution is 2.30. The quantitative estimate of drug-likeness (QED) is 0.821. The van der Waals surface area contributed by atoms with Crippen molar-refractivity contribution in [1.29, 1.82) is 0 Å². The van der Waals surface area contributed by atoms with Gasteiger partial charge in [-0.05, 0) is 42.8 Å². The van der Waals surface area contributed by atoms with Gasteiger partial charge in [-0.3, -0.25) is 9.03 Å². The predicted octanol–water partition coefficient (Wildman–Crippen LogP) is 3.33. The number of benzene rings is 2. The lowest BCUT2D eigenvalue weighted by Gasteiger charge is -2.18. The van der Waals surface area contributed by atoms with Crippen LogP contribution in [-0.4, -0.2) is 29.1 Å². The van der Waals surface area contributed by atoms with Crippen LogP contribution in [0.4, 0.5) is 11.4 Å². The zero-order chi connectivity index (χ0) is 18.2. The summed E-state index contributed by atoms with van der Waals surface area (Å²) in [7, 11) is -7.32. The Morgan fingerprint density at radius 1 is 1.08 bits per heavy atom. The van der Waals surface area contributed by atoms with Crippen molar-refractivity contribution < 1.29 is 16.8 Å². The molecule has 0 radical (unpaired) electrons. The summed E-state index contributed by atoms with van der Waals surface area (Å²) in [6, 6.07) is 10.3. The second-order valence-corrected chi connectivity index (χ2v) is 9.98. The molecule has 1 fully saturated rings. The van der Waals surface area contributed by atoms with Gasteiger partial charge in [-0.1, -0.05) is 29.3 Å². The van der Waals surface area contributed by atoms with Gasteiger partial charge in [-0.25, -0.2) is 16.8 Å². The van der Waals surface area contributed by atoms with Crippen molar-refractivity contribution >= 4 is 54.6 Å². The Morgan fingerprint density at radius 3 is 2.52 bits per heavy atom. The number of rotatable bonds is 4. The van der Waals surface area contributed by atoms with E-state index in [0.29, 0.717) is 18.7 Å². The van der Waals surface area contributed by atoms with Gasteiger partial charge in [0.15, 0.2) is 0 Å². The highest BCUT2D eigenvalue weighted by molar-refractivity contribution is 7.93. The minimum absolute atomic E-state index is 0.0372. The largest absolute Gasteiger partial charge is 0.280 e. The Kier molecular flexibility index (Phi) is 4.89. The number of hydrogen-bond donors (Lipinski definition) is 1. The van der Waals surface area contributed by atoms with Crippen molar-refractivity contribution in [3.05, 3.63) is 52.5 Å². The predicted molar refractivity (Wildman–Crippen MR) is 99.5 cm³/mol. The van der Waals surface area contributed by atoms with Crippen molar-refractivity contribution in [3.8, 4) is 0 Å². The molecule has 1 saturated heterocycles. The molecule has 10 heteroatoms. The first-order valence-corrected chi connectivity index (χ1v) is 11.1. The first kappa shape index (κ1) is 18.3. The molecule has 0 bridgehead atoms. The van der Waals surface area contributed by atoms with Crippen molar-refractivity contribution in [2.24, 2.45) is 0 Å². The first-order chi connectivity index (χ1) is 11.7. The summed E-state index contributed by atoms with van der Waals surface area (Å²) >= 11 is 11.8. The van der Waals surface area contributed by atoms with Crippen molar-refractivity contribution in [2.45, 2.75) is 11.3 Å². The highest BCUT2D eigenvalue weighted by Gasteiger charge is 2.28. The normalized spacial score (nSPS) is 16.8.